The van der Waals surface area contributed by atoms with E-state index in [4.69, 9.17) is 28.4 Å². The molecule has 2 aliphatic heterocycles. The molecule has 2 N–H and O–H groups in total. The van der Waals surface area contributed by atoms with Gasteiger partial charge < -0.3 is 47.6 Å². The van der Waals surface area contributed by atoms with Crippen molar-refractivity contribution in [2.45, 2.75) is 103 Å². The van der Waals surface area contributed by atoms with Gasteiger partial charge in [-0.05, 0) is 143 Å². The predicted octanol–water partition coefficient (Wildman–Crippen LogP) is 11.2. The highest BCUT2D eigenvalue weighted by molar-refractivity contribution is 5.87. The number of aromatic amines is 1. The van der Waals surface area contributed by atoms with E-state index in [9.17, 15) is 40.7 Å². The number of H-pyrrole nitrogens is 1. The van der Waals surface area contributed by atoms with Crippen LogP contribution in [0.15, 0.2) is 98.8 Å². The summed E-state index contributed by atoms with van der Waals surface area (Å²) in [5, 5.41) is 16.2. The molecule has 4 heterocycles. The van der Waals surface area contributed by atoms with Crippen molar-refractivity contribution in [1.29, 1.82) is 0 Å². The molecule has 15 nitrogen and oxygen atoms in total. The molecule has 21 heteroatoms. The van der Waals surface area contributed by atoms with Crippen LogP contribution in [-0.4, -0.2) is 99.7 Å². The number of benzene rings is 4. The fourth-order valence-electron chi connectivity index (χ4n) is 7.36. The van der Waals surface area contributed by atoms with Crippen LogP contribution in [0.5, 0.6) is 17.4 Å². The lowest BCUT2D eigenvalue weighted by molar-refractivity contribution is -0.275. The highest BCUT2D eigenvalue weighted by Crippen LogP contribution is 2.33. The number of halogens is 6. The van der Waals surface area contributed by atoms with Crippen LogP contribution >= 0.6 is 0 Å². The second-order valence-electron chi connectivity index (χ2n) is 18.0. The summed E-state index contributed by atoms with van der Waals surface area (Å²) >= 11 is 0. The fourth-order valence-corrected chi connectivity index (χ4v) is 7.36. The number of aromatic nitrogens is 2. The number of alkyl halides is 6. The minimum Gasteiger partial charge on any atom is -0.473 e. The van der Waals surface area contributed by atoms with Crippen molar-refractivity contribution in [3.8, 4) is 39.6 Å². The van der Waals surface area contributed by atoms with Crippen LogP contribution in [0.3, 0.4) is 0 Å². The normalized spacial score (nSPS) is 16.4. The van der Waals surface area contributed by atoms with Gasteiger partial charge in [0.05, 0.1) is 29.5 Å². The maximum absolute atomic E-state index is 12.5. The molecule has 2 amide bonds. The number of ether oxygens (including phenoxy) is 5. The number of nitrogens with one attached hydrogen (secondary N) is 1. The van der Waals surface area contributed by atoms with E-state index in [2.05, 4.69) is 19.8 Å². The fraction of sp³-hybridized carbons (Fsp3) is 0.417. The number of nitrogens with zero attached hydrogens (tertiary/aromatic N) is 3. The second-order valence-corrected chi connectivity index (χ2v) is 18.0. The standard InChI is InChI=1S/C24H25F3N2O5.C14H8F3NO3.C10H19NO3/c1-23(2,3)33-22(30)29-12-4-5-17(29)14-31-21-19-13-16(8-11-20(19)34-28-21)15-6-9-18(10-7-15)32-24(25,26)27;15-14(16,17)20-10-4-1-8(2-5-10)9-3-6-12-11(7-9)13(19)18-21-12;1-10(2,3)14-9(13)11-6-4-5-8(11)7-12/h6-11,13,17H,4-5,12,14H2,1-3H3;1-7H,(H,18,19);8,12H,4-7H2,1-3H3/t17-;;8-/m0.0/s1. The molecular weight excluding hydrogens is 923 g/mol. The molecule has 2 fully saturated rings. The smallest absolute Gasteiger partial charge is 0.473 e. The van der Waals surface area contributed by atoms with Crippen molar-refractivity contribution >= 4 is 34.1 Å². The molecule has 0 saturated carbocycles. The summed E-state index contributed by atoms with van der Waals surface area (Å²) in [5.41, 5.74) is 2.31. The SMILES string of the molecule is CC(C)(C)OC(=O)N1CCC[C@H]1CO.CC(C)(C)OC(=O)N1CCC[C@H]1COc1noc2ccc(-c3ccc(OC(F)(F)F)cc3)cc12.O=c1[nH]oc2ccc(-c3ccc(OC(F)(F)F)cc3)cc12. The van der Waals surface area contributed by atoms with Gasteiger partial charge in [0, 0.05) is 13.1 Å². The quantitative estimate of drug-likeness (QED) is 0.138. The molecule has 2 aliphatic rings. The van der Waals surface area contributed by atoms with Gasteiger partial charge in [-0.25, -0.2) is 9.59 Å². The largest absolute Gasteiger partial charge is 0.573 e. The third kappa shape index (κ3) is 14.8. The number of carbonyl (C=O) groups excluding carboxylic acids is 2. The lowest BCUT2D eigenvalue weighted by Crippen LogP contribution is -2.42. The molecule has 0 radical (unpaired) electrons. The Morgan fingerprint density at radius 1 is 0.667 bits per heavy atom. The first-order valence-corrected chi connectivity index (χ1v) is 21.8. The van der Waals surface area contributed by atoms with E-state index in [1.165, 1.54) is 48.5 Å². The number of rotatable bonds is 8. The first-order chi connectivity index (χ1) is 32.3. The van der Waals surface area contributed by atoms with Crippen LogP contribution in [0.25, 0.3) is 44.2 Å². The lowest BCUT2D eigenvalue weighted by atomic mass is 10.0. The van der Waals surface area contributed by atoms with E-state index in [1.54, 1.807) is 46.2 Å². The van der Waals surface area contributed by atoms with Gasteiger partial charge in [0.1, 0.15) is 29.3 Å². The number of amides is 2. The van der Waals surface area contributed by atoms with Crippen LogP contribution in [0.4, 0.5) is 35.9 Å². The van der Waals surface area contributed by atoms with Crippen molar-refractivity contribution in [3.05, 3.63) is 95.3 Å². The lowest BCUT2D eigenvalue weighted by Gasteiger charge is -2.28. The summed E-state index contributed by atoms with van der Waals surface area (Å²) < 4.78 is 108. The Balaban J connectivity index is 0.000000189. The van der Waals surface area contributed by atoms with E-state index >= 15 is 0 Å². The molecule has 2 saturated heterocycles. The average molecular weight is 975 g/mol. The third-order valence-electron chi connectivity index (χ3n) is 10.4. The van der Waals surface area contributed by atoms with Crippen LogP contribution in [-0.2, 0) is 9.47 Å². The number of hydrogen-bond donors (Lipinski definition) is 2. The van der Waals surface area contributed by atoms with E-state index in [0.717, 1.165) is 31.2 Å². The van der Waals surface area contributed by atoms with Gasteiger partial charge in [-0.1, -0.05) is 36.4 Å². The molecule has 372 valence electrons. The van der Waals surface area contributed by atoms with Gasteiger partial charge in [-0.3, -0.25) is 4.79 Å². The first-order valence-electron chi connectivity index (χ1n) is 21.8. The Labute approximate surface area is 391 Å². The van der Waals surface area contributed by atoms with E-state index in [1.807, 2.05) is 41.5 Å². The Bertz CT molecular complexity index is 2720. The monoisotopic (exact) mass is 974 g/mol. The molecular formula is C48H52F6N4O11. The molecule has 2 aromatic heterocycles. The Kier molecular flexibility index (Phi) is 15.8. The molecule has 0 bridgehead atoms. The number of fused-ring (bicyclic) bond motifs is 2. The topological polar surface area (TPSA) is 179 Å². The number of aliphatic hydroxyl groups excluding tert-OH is 1. The Morgan fingerprint density at radius 2 is 1.12 bits per heavy atom. The van der Waals surface area contributed by atoms with Gasteiger partial charge in [0.2, 0.25) is 0 Å². The van der Waals surface area contributed by atoms with E-state index in [-0.39, 0.29) is 60.4 Å². The minimum atomic E-state index is -4.74. The van der Waals surface area contributed by atoms with Crippen molar-refractivity contribution < 1.29 is 73.8 Å². The van der Waals surface area contributed by atoms with Gasteiger partial charge in [-0.2, -0.15) is 5.16 Å². The van der Waals surface area contributed by atoms with Gasteiger partial charge in [-0.15, -0.1) is 26.3 Å². The highest BCUT2D eigenvalue weighted by atomic mass is 19.4. The second kappa shape index (κ2) is 21.2. The van der Waals surface area contributed by atoms with Crippen molar-refractivity contribution in [3.63, 3.8) is 0 Å². The molecule has 0 unspecified atom stereocenters. The molecule has 69 heavy (non-hydrogen) atoms. The number of aliphatic hydroxyl groups is 1. The van der Waals surface area contributed by atoms with Crippen molar-refractivity contribution in [2.75, 3.05) is 26.3 Å². The minimum absolute atomic E-state index is 0.0270. The zero-order chi connectivity index (χ0) is 50.3. The van der Waals surface area contributed by atoms with Crippen molar-refractivity contribution in [2.24, 2.45) is 0 Å². The van der Waals surface area contributed by atoms with Crippen LogP contribution in [0.1, 0.15) is 67.2 Å². The van der Waals surface area contributed by atoms with E-state index < -0.39 is 23.9 Å². The maximum atomic E-state index is 12.5. The third-order valence-corrected chi connectivity index (χ3v) is 10.4. The van der Waals surface area contributed by atoms with Crippen LogP contribution in [0.2, 0.25) is 0 Å². The molecule has 0 aliphatic carbocycles. The summed E-state index contributed by atoms with van der Waals surface area (Å²) in [6.45, 7) is 12.5. The zero-order valence-electron chi connectivity index (χ0n) is 38.5. The summed E-state index contributed by atoms with van der Waals surface area (Å²) in [6, 6.07) is 21.0. The van der Waals surface area contributed by atoms with Crippen LogP contribution in [0, 0.1) is 0 Å². The van der Waals surface area contributed by atoms with Gasteiger partial charge in [0.15, 0.2) is 11.2 Å². The Morgan fingerprint density at radius 3 is 1.59 bits per heavy atom. The summed E-state index contributed by atoms with van der Waals surface area (Å²) in [4.78, 5) is 38.9. The van der Waals surface area contributed by atoms with E-state index in [0.29, 0.717) is 51.7 Å². The summed E-state index contributed by atoms with van der Waals surface area (Å²) in [7, 11) is 0. The van der Waals surface area contributed by atoms with Crippen molar-refractivity contribution in [1.82, 2.24) is 20.1 Å². The van der Waals surface area contributed by atoms with Gasteiger partial charge >= 0.3 is 24.9 Å². The molecule has 6 aromatic rings. The Hall–Kier alpha value is -6.90. The molecule has 4 aromatic carbocycles. The average Bonchev–Trinajstić information content (AvgIpc) is 4.09. The van der Waals surface area contributed by atoms with Gasteiger partial charge in [0.25, 0.3) is 11.4 Å². The number of hydrogen-bond acceptors (Lipinski definition) is 12. The first kappa shape index (κ1) is 51.5. The number of likely N-dealkylation sites (tertiary alicyclic amines) is 2. The van der Waals surface area contributed by atoms with Crippen LogP contribution < -0.4 is 19.8 Å². The summed E-state index contributed by atoms with van der Waals surface area (Å²) in [5.74, 6) is -0.309. The summed E-state index contributed by atoms with van der Waals surface area (Å²) in [6.07, 6.45) is -6.69. The maximum Gasteiger partial charge on any atom is 0.573 e. The predicted molar refractivity (Wildman–Crippen MR) is 240 cm³/mol. The highest BCUT2D eigenvalue weighted by Gasteiger charge is 2.35. The number of carbonyl (C=O) groups is 2. The molecule has 8 rings (SSSR count). The zero-order valence-corrected chi connectivity index (χ0v) is 38.5. The molecule has 2 atom stereocenters. The molecule has 0 spiro atoms.